The molecular weight excluding hydrogens is 270 g/mol. The number of ether oxygens (including phenoxy) is 1. The second kappa shape index (κ2) is 10.7. The highest BCUT2D eigenvalue weighted by molar-refractivity contribution is 5.71. The van der Waals surface area contributed by atoms with Gasteiger partial charge in [0.1, 0.15) is 0 Å². The van der Waals surface area contributed by atoms with Crippen LogP contribution in [0.5, 0.6) is 0 Å². The molecule has 0 unspecified atom stereocenters. The van der Waals surface area contributed by atoms with Crippen LogP contribution in [0.25, 0.3) is 0 Å². The topological polar surface area (TPSA) is 94.3 Å². The van der Waals surface area contributed by atoms with E-state index in [-0.39, 0.29) is 5.97 Å². The first-order valence-electron chi connectivity index (χ1n) is 7.26. The molecule has 0 saturated heterocycles. The Kier molecular flexibility index (Phi) is 8.59. The number of carbonyl (C=O) groups is 2. The van der Waals surface area contributed by atoms with Crippen LogP contribution >= 0.6 is 0 Å². The largest absolute Gasteiger partial charge is 0.466 e. The Morgan fingerprint density at radius 3 is 2.81 bits per heavy atom. The summed E-state index contributed by atoms with van der Waals surface area (Å²) in [4.78, 5) is 25.9. The minimum absolute atomic E-state index is 0.163. The molecule has 6 heteroatoms. The summed E-state index contributed by atoms with van der Waals surface area (Å²) in [7, 11) is 0. The fourth-order valence-electron chi connectivity index (χ4n) is 1.86. The number of amides is 2. The lowest BCUT2D eigenvalue weighted by Crippen LogP contribution is -2.29. The highest BCUT2D eigenvalue weighted by Gasteiger charge is 2.02. The van der Waals surface area contributed by atoms with E-state index in [2.05, 4.69) is 10.3 Å². The molecule has 6 nitrogen and oxygen atoms in total. The first kappa shape index (κ1) is 16.9. The van der Waals surface area contributed by atoms with E-state index >= 15 is 0 Å². The molecule has 0 atom stereocenters. The molecule has 3 N–H and O–H groups in total. The second-order valence-electron chi connectivity index (χ2n) is 4.79. The van der Waals surface area contributed by atoms with Crippen LogP contribution in [0.3, 0.4) is 0 Å². The number of primary amides is 1. The average molecular weight is 293 g/mol. The van der Waals surface area contributed by atoms with Gasteiger partial charge in [-0.3, -0.25) is 9.78 Å². The zero-order valence-electron chi connectivity index (χ0n) is 12.2. The molecule has 0 fully saturated rings. The first-order chi connectivity index (χ1) is 10.2. The number of aryl methyl sites for hydroxylation is 1. The normalized spacial score (nSPS) is 10.1. The molecule has 0 aliphatic rings. The van der Waals surface area contributed by atoms with Crippen molar-refractivity contribution in [2.45, 2.75) is 38.5 Å². The van der Waals surface area contributed by atoms with Crippen molar-refractivity contribution in [3.05, 3.63) is 30.1 Å². The van der Waals surface area contributed by atoms with Gasteiger partial charge in [-0.1, -0.05) is 12.5 Å². The first-order valence-corrected chi connectivity index (χ1v) is 7.26. The van der Waals surface area contributed by atoms with Gasteiger partial charge < -0.3 is 15.8 Å². The van der Waals surface area contributed by atoms with Gasteiger partial charge >= 0.3 is 12.0 Å². The van der Waals surface area contributed by atoms with Crippen molar-refractivity contribution < 1.29 is 14.3 Å². The number of carbonyl (C=O) groups excluding carboxylic acids is 2. The SMILES string of the molecule is NC(=O)NCCCCCC(=O)OCCCc1cccnc1. The van der Waals surface area contributed by atoms with Crippen molar-refractivity contribution in [2.24, 2.45) is 5.73 Å². The highest BCUT2D eigenvalue weighted by atomic mass is 16.5. The maximum Gasteiger partial charge on any atom is 0.312 e. The molecule has 0 spiro atoms. The third-order valence-corrected chi connectivity index (χ3v) is 2.95. The van der Waals surface area contributed by atoms with Crippen LogP contribution < -0.4 is 11.1 Å². The van der Waals surface area contributed by atoms with Gasteiger partial charge in [-0.25, -0.2) is 4.79 Å². The van der Waals surface area contributed by atoms with Crippen molar-refractivity contribution in [2.75, 3.05) is 13.2 Å². The number of nitrogens with two attached hydrogens (primary N) is 1. The van der Waals surface area contributed by atoms with Gasteiger partial charge in [-0.2, -0.15) is 0 Å². The van der Waals surface area contributed by atoms with Crippen LogP contribution in [-0.4, -0.2) is 30.1 Å². The summed E-state index contributed by atoms with van der Waals surface area (Å²) >= 11 is 0. The number of nitrogens with one attached hydrogen (secondary N) is 1. The molecule has 0 aliphatic heterocycles. The zero-order valence-corrected chi connectivity index (χ0v) is 12.2. The number of pyridine rings is 1. The number of esters is 1. The number of hydrogen-bond donors (Lipinski definition) is 2. The molecule has 0 saturated carbocycles. The quantitative estimate of drug-likeness (QED) is 0.508. The summed E-state index contributed by atoms with van der Waals surface area (Å²) < 4.78 is 5.16. The van der Waals surface area contributed by atoms with Crippen LogP contribution in [0.1, 0.15) is 37.7 Å². The molecule has 1 heterocycles. The van der Waals surface area contributed by atoms with Gasteiger partial charge in [0.15, 0.2) is 0 Å². The van der Waals surface area contributed by atoms with E-state index in [1.165, 1.54) is 0 Å². The number of unbranched alkanes of at least 4 members (excludes halogenated alkanes) is 2. The van der Waals surface area contributed by atoms with Crippen LogP contribution in [0.15, 0.2) is 24.5 Å². The Bertz CT molecular complexity index is 423. The van der Waals surface area contributed by atoms with E-state index in [1.54, 1.807) is 6.20 Å². The fraction of sp³-hybridized carbons (Fsp3) is 0.533. The molecule has 2 amide bonds. The smallest absolute Gasteiger partial charge is 0.312 e. The summed E-state index contributed by atoms with van der Waals surface area (Å²) in [6.45, 7) is 0.993. The third-order valence-electron chi connectivity index (χ3n) is 2.95. The van der Waals surface area contributed by atoms with Gasteiger partial charge in [0.25, 0.3) is 0 Å². The number of nitrogens with zero attached hydrogens (tertiary/aromatic N) is 1. The molecule has 0 radical (unpaired) electrons. The highest BCUT2D eigenvalue weighted by Crippen LogP contribution is 2.03. The van der Waals surface area contributed by atoms with E-state index < -0.39 is 6.03 Å². The lowest BCUT2D eigenvalue weighted by atomic mass is 10.2. The Morgan fingerprint density at radius 2 is 2.10 bits per heavy atom. The van der Waals surface area contributed by atoms with Crippen molar-refractivity contribution in [3.8, 4) is 0 Å². The number of hydrogen-bond acceptors (Lipinski definition) is 4. The van der Waals surface area contributed by atoms with Crippen LogP contribution in [0.4, 0.5) is 4.79 Å². The number of urea groups is 1. The van der Waals surface area contributed by atoms with E-state index in [9.17, 15) is 9.59 Å². The maximum absolute atomic E-state index is 11.5. The van der Waals surface area contributed by atoms with Crippen molar-refractivity contribution >= 4 is 12.0 Å². The van der Waals surface area contributed by atoms with E-state index in [0.717, 1.165) is 37.7 Å². The lowest BCUT2D eigenvalue weighted by molar-refractivity contribution is -0.143. The maximum atomic E-state index is 11.5. The van der Waals surface area contributed by atoms with E-state index in [4.69, 9.17) is 10.5 Å². The summed E-state index contributed by atoms with van der Waals surface area (Å²) in [5, 5.41) is 2.51. The Labute approximate surface area is 125 Å². The van der Waals surface area contributed by atoms with Gasteiger partial charge in [-0.15, -0.1) is 0 Å². The van der Waals surface area contributed by atoms with Gasteiger partial charge in [-0.05, 0) is 37.3 Å². The van der Waals surface area contributed by atoms with Gasteiger partial charge in [0.2, 0.25) is 0 Å². The van der Waals surface area contributed by atoms with Crippen molar-refractivity contribution in [1.82, 2.24) is 10.3 Å². The van der Waals surface area contributed by atoms with E-state index in [1.807, 2.05) is 18.3 Å². The van der Waals surface area contributed by atoms with Crippen LogP contribution in [0.2, 0.25) is 0 Å². The Morgan fingerprint density at radius 1 is 1.24 bits per heavy atom. The van der Waals surface area contributed by atoms with Gasteiger partial charge in [0.05, 0.1) is 6.61 Å². The fourth-order valence-corrected chi connectivity index (χ4v) is 1.86. The van der Waals surface area contributed by atoms with Crippen LogP contribution in [-0.2, 0) is 16.0 Å². The molecule has 0 aliphatic carbocycles. The standard InChI is InChI=1S/C15H23N3O3/c16-15(20)18-10-3-1-2-8-14(19)21-11-5-7-13-6-4-9-17-12-13/h4,6,9,12H,1-3,5,7-8,10-11H2,(H3,16,18,20). The average Bonchev–Trinajstić information content (AvgIpc) is 2.48. The van der Waals surface area contributed by atoms with Crippen molar-refractivity contribution in [3.63, 3.8) is 0 Å². The van der Waals surface area contributed by atoms with Crippen LogP contribution in [0, 0.1) is 0 Å². The summed E-state index contributed by atoms with van der Waals surface area (Å²) in [6, 6.07) is 3.40. The third kappa shape index (κ3) is 9.43. The Balaban J connectivity index is 1.93. The minimum Gasteiger partial charge on any atom is -0.466 e. The lowest BCUT2D eigenvalue weighted by Gasteiger charge is -2.05. The molecule has 0 bridgehead atoms. The monoisotopic (exact) mass is 293 g/mol. The van der Waals surface area contributed by atoms with Gasteiger partial charge in [0, 0.05) is 25.4 Å². The number of aromatic nitrogens is 1. The molecule has 1 aromatic rings. The zero-order chi connectivity index (χ0) is 15.3. The van der Waals surface area contributed by atoms with E-state index in [0.29, 0.717) is 19.6 Å². The molecule has 1 rings (SSSR count). The minimum atomic E-state index is -0.511. The molecule has 0 aromatic carbocycles. The predicted octanol–water partition coefficient (Wildman–Crippen LogP) is 1.79. The second-order valence-corrected chi connectivity index (χ2v) is 4.79. The summed E-state index contributed by atoms with van der Waals surface area (Å²) in [5.74, 6) is -0.163. The van der Waals surface area contributed by atoms with Crippen molar-refractivity contribution in [1.29, 1.82) is 0 Å². The summed E-state index contributed by atoms with van der Waals surface area (Å²) in [6.07, 6.45) is 8.10. The Hall–Kier alpha value is -2.11. The molecule has 1 aromatic heterocycles. The molecule has 116 valence electrons. The molecular formula is C15H23N3O3. The number of rotatable bonds is 10. The molecule has 21 heavy (non-hydrogen) atoms. The predicted molar refractivity (Wildman–Crippen MR) is 79.6 cm³/mol. The summed E-state index contributed by atoms with van der Waals surface area (Å²) in [5.41, 5.74) is 6.09.